The number of ether oxygens (including phenoxy) is 1. The van der Waals surface area contributed by atoms with Crippen LogP contribution in [0.5, 0.6) is 0 Å². The fraction of sp³-hybridized carbons (Fsp3) is 0.292. The summed E-state index contributed by atoms with van der Waals surface area (Å²) in [5, 5.41) is 0. The molecule has 4 nitrogen and oxygen atoms in total. The molecule has 0 aliphatic rings. The van der Waals surface area contributed by atoms with E-state index in [9.17, 15) is 4.79 Å². The SMILES string of the molecule is CCOC(=O)CN(Cc1ccccc1)Cc1cccn1Cc1cccc(C)c1. The first-order chi connectivity index (χ1) is 13.6. The van der Waals surface area contributed by atoms with Crippen molar-refractivity contribution in [3.05, 3.63) is 95.3 Å². The zero-order valence-electron chi connectivity index (χ0n) is 16.7. The van der Waals surface area contributed by atoms with Crippen molar-refractivity contribution in [2.24, 2.45) is 0 Å². The van der Waals surface area contributed by atoms with Crippen LogP contribution in [0.1, 0.15) is 29.3 Å². The number of nitrogens with zero attached hydrogens (tertiary/aromatic N) is 2. The number of aryl methyl sites for hydroxylation is 1. The van der Waals surface area contributed by atoms with Gasteiger partial charge in [-0.3, -0.25) is 9.69 Å². The average Bonchev–Trinajstić information content (AvgIpc) is 3.09. The summed E-state index contributed by atoms with van der Waals surface area (Å²) >= 11 is 0. The second-order valence-electron chi connectivity index (χ2n) is 7.05. The molecule has 0 radical (unpaired) electrons. The molecule has 0 saturated carbocycles. The lowest BCUT2D eigenvalue weighted by molar-refractivity contribution is -0.144. The molecule has 0 unspecified atom stereocenters. The average molecular weight is 377 g/mol. The Kier molecular flexibility index (Phi) is 7.04. The third kappa shape index (κ3) is 5.83. The van der Waals surface area contributed by atoms with Crippen molar-refractivity contribution in [3.8, 4) is 0 Å². The van der Waals surface area contributed by atoms with Gasteiger partial charge in [-0.2, -0.15) is 0 Å². The Morgan fingerprint density at radius 2 is 1.75 bits per heavy atom. The highest BCUT2D eigenvalue weighted by molar-refractivity contribution is 5.71. The van der Waals surface area contributed by atoms with E-state index >= 15 is 0 Å². The second kappa shape index (κ2) is 9.90. The molecule has 0 amide bonds. The molecule has 0 atom stereocenters. The minimum absolute atomic E-state index is 0.185. The number of carbonyl (C=O) groups excluding carboxylic acids is 1. The van der Waals surface area contributed by atoms with Gasteiger partial charge in [-0.25, -0.2) is 0 Å². The highest BCUT2D eigenvalue weighted by Gasteiger charge is 2.15. The lowest BCUT2D eigenvalue weighted by Gasteiger charge is -2.22. The van der Waals surface area contributed by atoms with Crippen molar-refractivity contribution in [2.75, 3.05) is 13.2 Å². The fourth-order valence-corrected chi connectivity index (χ4v) is 3.38. The summed E-state index contributed by atoms with van der Waals surface area (Å²) < 4.78 is 7.43. The molecule has 0 saturated heterocycles. The van der Waals surface area contributed by atoms with Gasteiger partial charge < -0.3 is 9.30 Å². The summed E-state index contributed by atoms with van der Waals surface area (Å²) in [4.78, 5) is 14.2. The maximum atomic E-state index is 12.1. The van der Waals surface area contributed by atoms with E-state index < -0.39 is 0 Å². The minimum atomic E-state index is -0.185. The van der Waals surface area contributed by atoms with Crippen LogP contribution < -0.4 is 0 Å². The van der Waals surface area contributed by atoms with Crippen LogP contribution in [0.2, 0.25) is 0 Å². The van der Waals surface area contributed by atoms with E-state index in [-0.39, 0.29) is 12.5 Å². The fourth-order valence-electron chi connectivity index (χ4n) is 3.38. The third-order valence-corrected chi connectivity index (χ3v) is 4.65. The Morgan fingerprint density at radius 3 is 2.50 bits per heavy atom. The second-order valence-corrected chi connectivity index (χ2v) is 7.05. The molecule has 4 heteroatoms. The first-order valence-corrected chi connectivity index (χ1v) is 9.75. The van der Waals surface area contributed by atoms with Crippen LogP contribution >= 0.6 is 0 Å². The quantitative estimate of drug-likeness (QED) is 0.519. The molecule has 28 heavy (non-hydrogen) atoms. The summed E-state index contributed by atoms with van der Waals surface area (Å²) in [6.07, 6.45) is 2.10. The number of rotatable bonds is 9. The molecule has 0 spiro atoms. The summed E-state index contributed by atoms with van der Waals surface area (Å²) in [5.74, 6) is -0.185. The van der Waals surface area contributed by atoms with Crippen molar-refractivity contribution >= 4 is 5.97 Å². The number of esters is 1. The van der Waals surface area contributed by atoms with Crippen LogP contribution in [0.4, 0.5) is 0 Å². The first-order valence-electron chi connectivity index (χ1n) is 9.75. The molecule has 0 bridgehead atoms. The van der Waals surface area contributed by atoms with Gasteiger partial charge in [-0.1, -0.05) is 60.2 Å². The molecule has 1 aromatic heterocycles. The van der Waals surface area contributed by atoms with Gasteiger partial charge in [0.15, 0.2) is 0 Å². The Hall–Kier alpha value is -2.85. The minimum Gasteiger partial charge on any atom is -0.465 e. The van der Waals surface area contributed by atoms with Gasteiger partial charge in [0.05, 0.1) is 13.2 Å². The number of aromatic nitrogens is 1. The number of hydrogen-bond acceptors (Lipinski definition) is 3. The van der Waals surface area contributed by atoms with Gasteiger partial charge in [0, 0.05) is 31.5 Å². The van der Waals surface area contributed by atoms with E-state index in [1.165, 1.54) is 22.4 Å². The summed E-state index contributed by atoms with van der Waals surface area (Å²) in [6, 6.07) is 23.0. The number of carbonyl (C=O) groups is 1. The van der Waals surface area contributed by atoms with E-state index in [1.807, 2.05) is 25.1 Å². The van der Waals surface area contributed by atoms with Crippen molar-refractivity contribution in [3.63, 3.8) is 0 Å². The zero-order chi connectivity index (χ0) is 19.8. The standard InChI is InChI=1S/C24H28N2O2/c1-3-28-24(27)19-25(16-21-10-5-4-6-11-21)18-23-13-8-14-26(23)17-22-12-7-9-20(2)15-22/h4-15H,3,16-19H2,1-2H3. The molecular weight excluding hydrogens is 348 g/mol. The van der Waals surface area contributed by atoms with E-state index in [4.69, 9.17) is 4.74 Å². The Labute approximate surface area is 167 Å². The van der Waals surface area contributed by atoms with Gasteiger partial charge in [0.1, 0.15) is 0 Å². The van der Waals surface area contributed by atoms with Gasteiger partial charge >= 0.3 is 5.97 Å². The maximum absolute atomic E-state index is 12.1. The largest absolute Gasteiger partial charge is 0.465 e. The van der Waals surface area contributed by atoms with E-state index in [1.54, 1.807) is 0 Å². The topological polar surface area (TPSA) is 34.5 Å². The monoisotopic (exact) mass is 376 g/mol. The van der Waals surface area contributed by atoms with Gasteiger partial charge in [-0.05, 0) is 37.1 Å². The molecule has 3 aromatic rings. The van der Waals surface area contributed by atoms with E-state index in [0.717, 1.165) is 6.54 Å². The van der Waals surface area contributed by atoms with Crippen molar-refractivity contribution in [1.82, 2.24) is 9.47 Å². The van der Waals surface area contributed by atoms with Gasteiger partial charge in [0.25, 0.3) is 0 Å². The lowest BCUT2D eigenvalue weighted by atomic mass is 10.1. The van der Waals surface area contributed by atoms with Crippen LogP contribution in [0.25, 0.3) is 0 Å². The van der Waals surface area contributed by atoms with Crippen LogP contribution in [0.3, 0.4) is 0 Å². The molecule has 0 aliphatic carbocycles. The number of hydrogen-bond donors (Lipinski definition) is 0. The highest BCUT2D eigenvalue weighted by atomic mass is 16.5. The van der Waals surface area contributed by atoms with E-state index in [0.29, 0.717) is 19.7 Å². The molecule has 1 heterocycles. The summed E-state index contributed by atoms with van der Waals surface area (Å²) in [5.41, 5.74) is 4.90. The maximum Gasteiger partial charge on any atom is 0.320 e. The highest BCUT2D eigenvalue weighted by Crippen LogP contribution is 2.14. The van der Waals surface area contributed by atoms with Crippen molar-refractivity contribution in [1.29, 1.82) is 0 Å². The molecule has 0 N–H and O–H groups in total. The Balaban J connectivity index is 1.74. The van der Waals surface area contributed by atoms with Gasteiger partial charge in [0.2, 0.25) is 0 Å². The molecule has 2 aromatic carbocycles. The molecule has 146 valence electrons. The predicted octanol–water partition coefficient (Wildman–Crippen LogP) is 4.41. The lowest BCUT2D eigenvalue weighted by Crippen LogP contribution is -2.31. The van der Waals surface area contributed by atoms with Crippen LogP contribution in [-0.4, -0.2) is 28.6 Å². The Morgan fingerprint density at radius 1 is 0.964 bits per heavy atom. The smallest absolute Gasteiger partial charge is 0.320 e. The van der Waals surface area contributed by atoms with Crippen molar-refractivity contribution in [2.45, 2.75) is 33.5 Å². The van der Waals surface area contributed by atoms with Gasteiger partial charge in [-0.15, -0.1) is 0 Å². The third-order valence-electron chi connectivity index (χ3n) is 4.65. The summed E-state index contributed by atoms with van der Waals surface area (Å²) in [6.45, 7) is 6.85. The van der Waals surface area contributed by atoms with E-state index in [2.05, 4.69) is 71.1 Å². The normalized spacial score (nSPS) is 11.0. The molecule has 0 aliphatic heterocycles. The molecular formula is C24H28N2O2. The zero-order valence-corrected chi connectivity index (χ0v) is 16.7. The predicted molar refractivity (Wildman–Crippen MR) is 112 cm³/mol. The molecule has 3 rings (SSSR count). The number of benzene rings is 2. The van der Waals surface area contributed by atoms with Crippen LogP contribution in [0.15, 0.2) is 72.9 Å². The summed E-state index contributed by atoms with van der Waals surface area (Å²) in [7, 11) is 0. The molecule has 0 fully saturated rings. The first kappa shape index (κ1) is 19.9. The Bertz CT molecular complexity index is 886. The van der Waals surface area contributed by atoms with Crippen LogP contribution in [-0.2, 0) is 29.2 Å². The van der Waals surface area contributed by atoms with Crippen molar-refractivity contribution < 1.29 is 9.53 Å². The van der Waals surface area contributed by atoms with Crippen LogP contribution in [0, 0.1) is 6.92 Å².